The van der Waals surface area contributed by atoms with E-state index in [4.69, 9.17) is 11.5 Å². The van der Waals surface area contributed by atoms with Crippen LogP contribution in [0.4, 0.5) is 0 Å². The fraction of sp³-hybridized carbons (Fsp3) is 0.800. The number of amides is 2. The van der Waals surface area contributed by atoms with Crippen LogP contribution in [0, 0.1) is 5.92 Å². The van der Waals surface area contributed by atoms with Crippen LogP contribution in [0.1, 0.15) is 33.6 Å². The van der Waals surface area contributed by atoms with Gasteiger partial charge in [-0.05, 0) is 26.8 Å². The van der Waals surface area contributed by atoms with Gasteiger partial charge in [0.25, 0.3) is 0 Å². The van der Waals surface area contributed by atoms with Gasteiger partial charge in [0.1, 0.15) is 0 Å². The Balaban J connectivity index is 4.20. The Bertz CT molecular complexity index is 239. The van der Waals surface area contributed by atoms with Gasteiger partial charge in [0.15, 0.2) is 0 Å². The minimum atomic E-state index is -0.591. The van der Waals surface area contributed by atoms with Gasteiger partial charge in [0.2, 0.25) is 11.8 Å². The monoisotopic (exact) mass is 215 g/mol. The highest BCUT2D eigenvalue weighted by atomic mass is 16.2. The highest BCUT2D eigenvalue weighted by Crippen LogP contribution is 2.10. The molecule has 0 aromatic carbocycles. The van der Waals surface area contributed by atoms with Gasteiger partial charge in [0, 0.05) is 17.9 Å². The van der Waals surface area contributed by atoms with E-state index >= 15 is 0 Å². The molecule has 0 spiro atoms. The van der Waals surface area contributed by atoms with Crippen molar-refractivity contribution in [2.45, 2.75) is 39.2 Å². The maximum Gasteiger partial charge on any atom is 0.223 e. The van der Waals surface area contributed by atoms with Crippen molar-refractivity contribution in [3.8, 4) is 0 Å². The number of hydrogen-bond donors (Lipinski definition) is 3. The molecule has 0 aliphatic heterocycles. The molecule has 5 N–H and O–H groups in total. The summed E-state index contributed by atoms with van der Waals surface area (Å²) in [5.74, 6) is -0.652. The number of hydrogen-bond acceptors (Lipinski definition) is 3. The van der Waals surface area contributed by atoms with Gasteiger partial charge in [-0.25, -0.2) is 0 Å². The predicted octanol–water partition coefficient (Wildman–Crippen LogP) is -0.258. The zero-order chi connectivity index (χ0) is 12.1. The molecule has 15 heavy (non-hydrogen) atoms. The van der Waals surface area contributed by atoms with Crippen LogP contribution in [0.5, 0.6) is 0 Å². The first kappa shape index (κ1) is 13.9. The molecule has 0 aliphatic rings. The minimum absolute atomic E-state index is 0.0910. The van der Waals surface area contributed by atoms with Crippen molar-refractivity contribution in [2.75, 3.05) is 6.54 Å². The minimum Gasteiger partial charge on any atom is -0.370 e. The standard InChI is InChI=1S/C10H21N3O2/c1-7(4-5-11)9(15)13-10(2,3)6-8(12)14/h7H,4-6,11H2,1-3H3,(H2,12,14)(H,13,15). The van der Waals surface area contributed by atoms with Crippen LogP contribution < -0.4 is 16.8 Å². The Labute approximate surface area is 90.6 Å². The Morgan fingerprint density at radius 1 is 1.40 bits per heavy atom. The van der Waals surface area contributed by atoms with Crippen molar-refractivity contribution in [1.29, 1.82) is 0 Å². The Morgan fingerprint density at radius 2 is 1.93 bits per heavy atom. The third-order valence-corrected chi connectivity index (χ3v) is 2.13. The van der Waals surface area contributed by atoms with Crippen molar-refractivity contribution in [1.82, 2.24) is 5.32 Å². The normalized spacial score (nSPS) is 13.3. The topological polar surface area (TPSA) is 98.2 Å². The Morgan fingerprint density at radius 3 is 2.33 bits per heavy atom. The summed E-state index contributed by atoms with van der Waals surface area (Å²) >= 11 is 0. The lowest BCUT2D eigenvalue weighted by Gasteiger charge is -2.26. The summed E-state index contributed by atoms with van der Waals surface area (Å²) in [7, 11) is 0. The van der Waals surface area contributed by atoms with Crippen LogP contribution in [0.25, 0.3) is 0 Å². The van der Waals surface area contributed by atoms with Gasteiger partial charge >= 0.3 is 0 Å². The van der Waals surface area contributed by atoms with Crippen LogP contribution in [0.15, 0.2) is 0 Å². The van der Waals surface area contributed by atoms with Gasteiger partial charge in [-0.1, -0.05) is 6.92 Å². The maximum absolute atomic E-state index is 11.6. The first-order valence-electron chi connectivity index (χ1n) is 5.09. The van der Waals surface area contributed by atoms with E-state index in [-0.39, 0.29) is 18.2 Å². The second-order valence-electron chi connectivity index (χ2n) is 4.49. The first-order chi connectivity index (χ1) is 6.78. The number of primary amides is 1. The van der Waals surface area contributed by atoms with Crippen molar-refractivity contribution >= 4 is 11.8 Å². The molecular weight excluding hydrogens is 194 g/mol. The van der Waals surface area contributed by atoms with Gasteiger partial charge in [0.05, 0.1) is 0 Å². The van der Waals surface area contributed by atoms with E-state index in [9.17, 15) is 9.59 Å². The molecule has 0 aliphatic carbocycles. The van der Waals surface area contributed by atoms with E-state index in [0.29, 0.717) is 13.0 Å². The number of nitrogens with one attached hydrogen (secondary N) is 1. The predicted molar refractivity (Wildman–Crippen MR) is 58.9 cm³/mol. The Kier molecular flexibility index (Phi) is 5.28. The molecule has 0 fully saturated rings. The molecule has 5 heteroatoms. The SMILES string of the molecule is CC(CCN)C(=O)NC(C)(C)CC(N)=O. The van der Waals surface area contributed by atoms with Gasteiger partial charge in [-0.15, -0.1) is 0 Å². The van der Waals surface area contributed by atoms with Gasteiger partial charge in [-0.3, -0.25) is 9.59 Å². The summed E-state index contributed by atoms with van der Waals surface area (Å²) in [6, 6.07) is 0. The van der Waals surface area contributed by atoms with Crippen molar-refractivity contribution in [3.05, 3.63) is 0 Å². The summed E-state index contributed by atoms with van der Waals surface area (Å²) in [5, 5.41) is 2.78. The summed E-state index contributed by atoms with van der Waals surface area (Å²) < 4.78 is 0. The van der Waals surface area contributed by atoms with Gasteiger partial charge in [-0.2, -0.15) is 0 Å². The molecular formula is C10H21N3O2. The van der Waals surface area contributed by atoms with Crippen LogP contribution in [-0.2, 0) is 9.59 Å². The highest BCUT2D eigenvalue weighted by Gasteiger charge is 2.24. The van der Waals surface area contributed by atoms with Crippen LogP contribution >= 0.6 is 0 Å². The smallest absolute Gasteiger partial charge is 0.223 e. The van der Waals surface area contributed by atoms with Crippen molar-refractivity contribution in [2.24, 2.45) is 17.4 Å². The molecule has 1 atom stereocenters. The van der Waals surface area contributed by atoms with E-state index in [2.05, 4.69) is 5.32 Å². The molecule has 2 amide bonds. The summed E-state index contributed by atoms with van der Waals surface area (Å²) in [4.78, 5) is 22.4. The fourth-order valence-corrected chi connectivity index (χ4v) is 1.32. The molecule has 0 radical (unpaired) electrons. The molecule has 0 aromatic rings. The largest absolute Gasteiger partial charge is 0.370 e. The van der Waals surface area contributed by atoms with E-state index in [0.717, 1.165) is 0 Å². The lowest BCUT2D eigenvalue weighted by molar-refractivity contribution is -0.127. The molecule has 0 aromatic heterocycles. The number of carbonyl (C=O) groups excluding carboxylic acids is 2. The lowest BCUT2D eigenvalue weighted by atomic mass is 9.98. The zero-order valence-corrected chi connectivity index (χ0v) is 9.67. The average Bonchev–Trinajstić information content (AvgIpc) is 2.00. The maximum atomic E-state index is 11.6. The summed E-state index contributed by atoms with van der Waals surface area (Å²) in [6.07, 6.45) is 0.770. The van der Waals surface area contributed by atoms with Crippen molar-refractivity contribution in [3.63, 3.8) is 0 Å². The fourth-order valence-electron chi connectivity index (χ4n) is 1.32. The molecule has 88 valence electrons. The van der Waals surface area contributed by atoms with E-state index in [1.165, 1.54) is 0 Å². The molecule has 0 saturated carbocycles. The third-order valence-electron chi connectivity index (χ3n) is 2.13. The molecule has 0 bridgehead atoms. The van der Waals surface area contributed by atoms with Crippen molar-refractivity contribution < 1.29 is 9.59 Å². The lowest BCUT2D eigenvalue weighted by Crippen LogP contribution is -2.48. The van der Waals surface area contributed by atoms with E-state index in [1.54, 1.807) is 13.8 Å². The van der Waals surface area contributed by atoms with E-state index in [1.807, 2.05) is 6.92 Å². The second kappa shape index (κ2) is 5.70. The Hall–Kier alpha value is -1.10. The van der Waals surface area contributed by atoms with E-state index < -0.39 is 11.4 Å². The molecule has 0 saturated heterocycles. The van der Waals surface area contributed by atoms with Gasteiger partial charge < -0.3 is 16.8 Å². The summed E-state index contributed by atoms with van der Waals surface area (Å²) in [5.41, 5.74) is 9.84. The quantitative estimate of drug-likeness (QED) is 0.569. The number of nitrogens with two attached hydrogens (primary N) is 2. The van der Waals surface area contributed by atoms with Crippen LogP contribution in [0.2, 0.25) is 0 Å². The highest BCUT2D eigenvalue weighted by molar-refractivity contribution is 5.81. The number of rotatable bonds is 6. The second-order valence-corrected chi connectivity index (χ2v) is 4.49. The molecule has 1 unspecified atom stereocenters. The average molecular weight is 215 g/mol. The summed E-state index contributed by atoms with van der Waals surface area (Å²) in [6.45, 7) is 5.82. The molecule has 0 rings (SSSR count). The van der Waals surface area contributed by atoms with Crippen LogP contribution in [-0.4, -0.2) is 23.9 Å². The van der Waals surface area contributed by atoms with Crippen LogP contribution in [0.3, 0.4) is 0 Å². The number of carbonyl (C=O) groups is 2. The zero-order valence-electron chi connectivity index (χ0n) is 9.67. The molecule has 5 nitrogen and oxygen atoms in total. The molecule has 0 heterocycles. The third kappa shape index (κ3) is 6.06. The first-order valence-corrected chi connectivity index (χ1v) is 5.09.